The van der Waals surface area contributed by atoms with Crippen LogP contribution < -0.4 is 11.1 Å². The minimum Gasteiger partial charge on any atom is -0.364 e. The molecule has 26 heavy (non-hydrogen) atoms. The van der Waals surface area contributed by atoms with E-state index >= 15 is 0 Å². The molecule has 2 aromatic rings. The summed E-state index contributed by atoms with van der Waals surface area (Å²) in [6, 6.07) is 4.93. The maximum Gasteiger partial charge on any atom is 0.416 e. The number of carbonyl (C=O) groups excluding carboxylic acids is 1. The van der Waals surface area contributed by atoms with E-state index in [-0.39, 0.29) is 11.5 Å². The summed E-state index contributed by atoms with van der Waals surface area (Å²) in [5.74, 6) is -0.438. The number of hydrogen-bond donors (Lipinski definition) is 2. The van der Waals surface area contributed by atoms with Crippen molar-refractivity contribution in [1.82, 2.24) is 10.5 Å². The van der Waals surface area contributed by atoms with Crippen molar-refractivity contribution < 1.29 is 22.5 Å². The van der Waals surface area contributed by atoms with E-state index in [1.54, 1.807) is 0 Å². The summed E-state index contributed by atoms with van der Waals surface area (Å²) in [6.07, 6.45) is -2.29. The summed E-state index contributed by atoms with van der Waals surface area (Å²) >= 11 is 0. The van der Waals surface area contributed by atoms with Gasteiger partial charge < -0.3 is 15.6 Å². The quantitative estimate of drug-likeness (QED) is 0.694. The Balaban J connectivity index is 2.19. The molecule has 2 rings (SSSR count). The van der Waals surface area contributed by atoms with Gasteiger partial charge in [-0.15, -0.1) is 0 Å². The molecule has 0 fully saturated rings. The van der Waals surface area contributed by atoms with Gasteiger partial charge in [-0.25, -0.2) is 0 Å². The number of unbranched alkanes of at least 4 members (excludes halogenated alkanes) is 1. The van der Waals surface area contributed by atoms with Crippen molar-refractivity contribution in [3.8, 4) is 11.3 Å². The van der Waals surface area contributed by atoms with E-state index in [9.17, 15) is 18.0 Å². The molecule has 142 valence electrons. The van der Waals surface area contributed by atoms with Gasteiger partial charge in [0.05, 0.1) is 5.56 Å². The highest BCUT2D eigenvalue weighted by molar-refractivity contribution is 5.93. The Morgan fingerprint density at radius 2 is 1.88 bits per heavy atom. The maximum absolute atomic E-state index is 12.7. The third kappa shape index (κ3) is 5.08. The molecule has 1 aromatic carbocycles. The first kappa shape index (κ1) is 20.0. The van der Waals surface area contributed by atoms with Crippen molar-refractivity contribution in [2.45, 2.75) is 45.3 Å². The number of primary amides is 1. The lowest BCUT2D eigenvalue weighted by atomic mass is 10.00. The van der Waals surface area contributed by atoms with Crippen LogP contribution in [-0.4, -0.2) is 23.7 Å². The zero-order chi connectivity index (χ0) is 19.3. The van der Waals surface area contributed by atoms with Crippen LogP contribution in [0.2, 0.25) is 0 Å². The van der Waals surface area contributed by atoms with E-state index in [2.05, 4.69) is 10.5 Å². The van der Waals surface area contributed by atoms with E-state index in [1.165, 1.54) is 12.1 Å². The molecule has 0 radical (unpaired) electrons. The van der Waals surface area contributed by atoms with Gasteiger partial charge in [0.25, 0.3) is 5.91 Å². The van der Waals surface area contributed by atoms with E-state index < -0.39 is 17.6 Å². The van der Waals surface area contributed by atoms with Crippen molar-refractivity contribution in [2.24, 2.45) is 5.73 Å². The van der Waals surface area contributed by atoms with E-state index in [0.29, 0.717) is 23.6 Å². The molecule has 1 aromatic heterocycles. The molecular weight excluding hydrogens is 347 g/mol. The Bertz CT molecular complexity index is 737. The van der Waals surface area contributed by atoms with Gasteiger partial charge in [-0.2, -0.15) is 13.2 Å². The van der Waals surface area contributed by atoms with E-state index in [1.807, 2.05) is 13.8 Å². The van der Waals surface area contributed by atoms with Crippen LogP contribution in [0.4, 0.5) is 13.2 Å². The molecule has 0 bridgehead atoms. The average molecular weight is 369 g/mol. The van der Waals surface area contributed by atoms with Crippen LogP contribution in [0.25, 0.3) is 11.3 Å². The lowest BCUT2D eigenvalue weighted by molar-refractivity contribution is -0.137. The van der Waals surface area contributed by atoms with Crippen LogP contribution in [-0.2, 0) is 12.6 Å². The number of rotatable bonds is 8. The molecule has 1 heterocycles. The number of nitrogens with two attached hydrogens (primary N) is 1. The summed E-state index contributed by atoms with van der Waals surface area (Å²) in [4.78, 5) is 11.6. The van der Waals surface area contributed by atoms with Gasteiger partial charge in [0, 0.05) is 17.2 Å². The van der Waals surface area contributed by atoms with Crippen LogP contribution in [0.5, 0.6) is 0 Å². The molecular formula is C18H22F3N3O2. The summed E-state index contributed by atoms with van der Waals surface area (Å²) in [5, 5.41) is 7.00. The fraction of sp³-hybridized carbons (Fsp3) is 0.444. The standard InChI is InChI=1S/C18H22F3N3O2/c1-11(2)23-10-4-3-5-14-15(17(22)25)24-26-16(14)12-6-8-13(9-7-12)18(19,20)21/h6-9,11,23H,3-5,10H2,1-2H3,(H2,22,25). The molecule has 0 unspecified atom stereocenters. The number of alkyl halides is 3. The number of nitrogens with one attached hydrogen (secondary N) is 1. The fourth-order valence-corrected chi connectivity index (χ4v) is 2.59. The van der Waals surface area contributed by atoms with Crippen LogP contribution >= 0.6 is 0 Å². The van der Waals surface area contributed by atoms with Crippen molar-refractivity contribution in [3.05, 3.63) is 41.1 Å². The summed E-state index contributed by atoms with van der Waals surface area (Å²) < 4.78 is 43.3. The molecule has 0 spiro atoms. The van der Waals surface area contributed by atoms with Crippen LogP contribution in [0.15, 0.2) is 28.8 Å². The predicted molar refractivity (Wildman–Crippen MR) is 91.5 cm³/mol. The summed E-state index contributed by atoms with van der Waals surface area (Å²) in [6.45, 7) is 4.92. The zero-order valence-electron chi connectivity index (χ0n) is 14.7. The Morgan fingerprint density at radius 3 is 2.42 bits per heavy atom. The third-order valence-corrected chi connectivity index (χ3v) is 3.90. The molecule has 3 N–H and O–H groups in total. The Labute approximate surface area is 149 Å². The molecule has 0 saturated carbocycles. The van der Waals surface area contributed by atoms with Gasteiger partial charge in [-0.1, -0.05) is 31.1 Å². The van der Waals surface area contributed by atoms with E-state index in [4.69, 9.17) is 10.3 Å². The fourth-order valence-electron chi connectivity index (χ4n) is 2.59. The molecule has 0 aliphatic heterocycles. The van der Waals surface area contributed by atoms with Crippen molar-refractivity contribution in [3.63, 3.8) is 0 Å². The first-order valence-electron chi connectivity index (χ1n) is 8.39. The number of halogens is 3. The largest absolute Gasteiger partial charge is 0.416 e. The van der Waals surface area contributed by atoms with Gasteiger partial charge in [-0.3, -0.25) is 4.79 Å². The average Bonchev–Trinajstić information content (AvgIpc) is 2.97. The molecule has 0 aliphatic carbocycles. The molecule has 1 amide bonds. The number of amides is 1. The minimum absolute atomic E-state index is 0.0247. The Hall–Kier alpha value is -2.35. The van der Waals surface area contributed by atoms with Crippen molar-refractivity contribution in [1.29, 1.82) is 0 Å². The Kier molecular flexibility index (Phi) is 6.42. The number of carbonyl (C=O) groups is 1. The minimum atomic E-state index is -4.41. The number of nitrogens with zero attached hydrogens (tertiary/aromatic N) is 1. The zero-order valence-corrected chi connectivity index (χ0v) is 14.7. The second-order valence-corrected chi connectivity index (χ2v) is 6.34. The van der Waals surface area contributed by atoms with Gasteiger partial charge in [0.1, 0.15) is 0 Å². The highest BCUT2D eigenvalue weighted by Crippen LogP contribution is 2.33. The lowest BCUT2D eigenvalue weighted by Crippen LogP contribution is -2.23. The number of aromatic nitrogens is 1. The Morgan fingerprint density at radius 1 is 1.23 bits per heavy atom. The smallest absolute Gasteiger partial charge is 0.364 e. The first-order chi connectivity index (χ1) is 12.2. The van der Waals surface area contributed by atoms with Crippen LogP contribution in [0.1, 0.15) is 48.3 Å². The molecule has 8 heteroatoms. The van der Waals surface area contributed by atoms with Gasteiger partial charge in [0.2, 0.25) is 0 Å². The molecule has 0 atom stereocenters. The second kappa shape index (κ2) is 8.35. The molecule has 0 saturated heterocycles. The van der Waals surface area contributed by atoms with Crippen LogP contribution in [0.3, 0.4) is 0 Å². The lowest BCUT2D eigenvalue weighted by Gasteiger charge is -2.09. The van der Waals surface area contributed by atoms with Gasteiger partial charge in [0.15, 0.2) is 11.5 Å². The summed E-state index contributed by atoms with van der Waals surface area (Å²) in [5.41, 5.74) is 5.56. The van der Waals surface area contributed by atoms with Crippen molar-refractivity contribution >= 4 is 5.91 Å². The SMILES string of the molecule is CC(C)NCCCCc1c(C(N)=O)noc1-c1ccc(C(F)(F)F)cc1. The highest BCUT2D eigenvalue weighted by Gasteiger charge is 2.30. The first-order valence-corrected chi connectivity index (χ1v) is 8.39. The molecule has 5 nitrogen and oxygen atoms in total. The maximum atomic E-state index is 12.7. The van der Waals surface area contributed by atoms with Crippen molar-refractivity contribution in [2.75, 3.05) is 6.54 Å². The second-order valence-electron chi connectivity index (χ2n) is 6.34. The number of hydrogen-bond acceptors (Lipinski definition) is 4. The predicted octanol–water partition coefficient (Wildman–Crippen LogP) is 3.78. The summed E-state index contributed by atoms with van der Waals surface area (Å²) in [7, 11) is 0. The normalized spacial score (nSPS) is 11.9. The van der Waals surface area contributed by atoms with E-state index in [0.717, 1.165) is 31.5 Å². The monoisotopic (exact) mass is 369 g/mol. The molecule has 0 aliphatic rings. The topological polar surface area (TPSA) is 81.1 Å². The third-order valence-electron chi connectivity index (χ3n) is 3.90. The van der Waals surface area contributed by atoms with Gasteiger partial charge in [-0.05, 0) is 37.9 Å². The highest BCUT2D eigenvalue weighted by atomic mass is 19.4. The number of benzene rings is 1. The van der Waals surface area contributed by atoms with Gasteiger partial charge >= 0.3 is 6.18 Å². The van der Waals surface area contributed by atoms with Crippen LogP contribution in [0, 0.1) is 0 Å².